The first-order valence-corrected chi connectivity index (χ1v) is 11.6. The number of piperidine rings is 1. The van der Waals surface area contributed by atoms with E-state index in [1.165, 1.54) is 25.1 Å². The lowest BCUT2D eigenvalue weighted by atomic mass is 10.1. The second-order valence-corrected chi connectivity index (χ2v) is 8.79. The molecule has 0 aliphatic carbocycles. The molecular formula is C25H25F2N5O3. The molecule has 0 radical (unpaired) electrons. The van der Waals surface area contributed by atoms with Gasteiger partial charge < -0.3 is 19.5 Å². The second-order valence-electron chi connectivity index (χ2n) is 8.79. The number of benzene rings is 1. The third kappa shape index (κ3) is 4.87. The molecule has 4 heterocycles. The third-order valence-electron chi connectivity index (χ3n) is 6.39. The van der Waals surface area contributed by atoms with Crippen LogP contribution in [0.4, 0.5) is 14.6 Å². The topological polar surface area (TPSA) is 91.4 Å². The summed E-state index contributed by atoms with van der Waals surface area (Å²) in [6, 6.07) is 8.17. The Hall–Kier alpha value is -3.82. The fraction of sp³-hybridized carbons (Fsp3) is 0.360. The van der Waals surface area contributed by atoms with Crippen LogP contribution in [0.5, 0.6) is 5.75 Å². The number of ether oxygens (including phenoxy) is 1. The Bertz CT molecular complexity index is 1320. The van der Waals surface area contributed by atoms with Gasteiger partial charge in [0, 0.05) is 58.0 Å². The number of nitrogens with zero attached hydrogens (tertiary/aromatic N) is 4. The van der Waals surface area contributed by atoms with Gasteiger partial charge in [0.2, 0.25) is 11.5 Å². The molecule has 35 heavy (non-hydrogen) atoms. The number of amides is 1. The third-order valence-corrected chi connectivity index (χ3v) is 6.39. The number of hydrogen-bond donors (Lipinski definition) is 1. The summed E-state index contributed by atoms with van der Waals surface area (Å²) in [7, 11) is 0. The van der Waals surface area contributed by atoms with E-state index in [0.29, 0.717) is 62.6 Å². The number of carbonyl (C=O) groups excluding carboxylic acids is 1. The molecule has 2 aromatic heterocycles. The molecule has 182 valence electrons. The zero-order valence-electron chi connectivity index (χ0n) is 19.3. The minimum Gasteiger partial charge on any atom is -0.487 e. The first-order valence-electron chi connectivity index (χ1n) is 11.6. The van der Waals surface area contributed by atoms with E-state index >= 15 is 0 Å². The number of halogens is 2. The maximum Gasteiger partial charge on any atom is 0.248 e. The van der Waals surface area contributed by atoms with Crippen LogP contribution in [0, 0.1) is 11.6 Å². The monoisotopic (exact) mass is 481 g/mol. The number of H-pyrrole nitrogens is 1. The Balaban J connectivity index is 1.41. The van der Waals surface area contributed by atoms with Crippen molar-refractivity contribution >= 4 is 11.7 Å². The standard InChI is InChI=1S/C25H25F2N5O3/c1-15(33)32-12-9-19-21(14-32)29-24(20-3-2-4-23(34)28-20)25(30-19)31-10-7-17(8-11-31)35-22-6-5-16(26)13-18(22)27/h2-6,13,17H,7-12,14H2,1H3,(H,28,34). The number of fused-ring (bicyclic) bond motifs is 1. The maximum atomic E-state index is 14.0. The smallest absolute Gasteiger partial charge is 0.248 e. The predicted octanol–water partition coefficient (Wildman–Crippen LogP) is 3.06. The van der Waals surface area contributed by atoms with Crippen LogP contribution in [0.2, 0.25) is 0 Å². The summed E-state index contributed by atoms with van der Waals surface area (Å²) in [4.78, 5) is 40.3. The highest BCUT2D eigenvalue weighted by Gasteiger charge is 2.28. The molecule has 1 N–H and O–H groups in total. The van der Waals surface area contributed by atoms with E-state index in [9.17, 15) is 18.4 Å². The molecule has 0 spiro atoms. The maximum absolute atomic E-state index is 14.0. The Morgan fingerprint density at radius 1 is 1.09 bits per heavy atom. The van der Waals surface area contributed by atoms with Crippen LogP contribution in [0.1, 0.15) is 31.2 Å². The SMILES string of the molecule is CC(=O)N1CCc2nc(N3CCC(Oc4ccc(F)cc4F)CC3)c(-c3cccc(=O)[nH]3)nc2C1. The summed E-state index contributed by atoms with van der Waals surface area (Å²) in [5.41, 5.74) is 2.42. The van der Waals surface area contributed by atoms with Crippen molar-refractivity contribution in [1.29, 1.82) is 0 Å². The van der Waals surface area contributed by atoms with Crippen LogP contribution in [0.3, 0.4) is 0 Å². The molecule has 0 atom stereocenters. The molecule has 1 fully saturated rings. The molecule has 1 aromatic carbocycles. The molecule has 1 saturated heterocycles. The van der Waals surface area contributed by atoms with Gasteiger partial charge in [-0.3, -0.25) is 9.59 Å². The lowest BCUT2D eigenvalue weighted by Gasteiger charge is -2.35. The second kappa shape index (κ2) is 9.44. The Morgan fingerprint density at radius 3 is 2.60 bits per heavy atom. The van der Waals surface area contributed by atoms with Crippen LogP contribution in [0.25, 0.3) is 11.4 Å². The van der Waals surface area contributed by atoms with E-state index in [1.807, 2.05) is 0 Å². The Morgan fingerprint density at radius 2 is 1.89 bits per heavy atom. The average Bonchev–Trinajstić information content (AvgIpc) is 2.85. The van der Waals surface area contributed by atoms with Gasteiger partial charge in [-0.25, -0.2) is 18.7 Å². The fourth-order valence-electron chi connectivity index (χ4n) is 4.51. The van der Waals surface area contributed by atoms with E-state index in [2.05, 4.69) is 9.88 Å². The highest BCUT2D eigenvalue weighted by atomic mass is 19.1. The molecule has 8 nitrogen and oxygen atoms in total. The number of pyridine rings is 1. The molecule has 3 aromatic rings. The summed E-state index contributed by atoms with van der Waals surface area (Å²) >= 11 is 0. The molecule has 1 amide bonds. The van der Waals surface area contributed by atoms with Crippen LogP contribution < -0.4 is 15.2 Å². The first-order chi connectivity index (χ1) is 16.9. The molecule has 2 aliphatic rings. The molecule has 0 bridgehead atoms. The number of aromatic amines is 1. The lowest BCUT2D eigenvalue weighted by Crippen LogP contribution is -2.40. The molecule has 10 heteroatoms. The average molecular weight is 482 g/mol. The zero-order valence-corrected chi connectivity index (χ0v) is 19.3. The highest BCUT2D eigenvalue weighted by Crippen LogP contribution is 2.32. The zero-order chi connectivity index (χ0) is 24.5. The van der Waals surface area contributed by atoms with E-state index < -0.39 is 11.6 Å². The van der Waals surface area contributed by atoms with Crippen molar-refractivity contribution in [2.24, 2.45) is 0 Å². The van der Waals surface area contributed by atoms with Gasteiger partial charge in [-0.1, -0.05) is 6.07 Å². The van der Waals surface area contributed by atoms with Crippen molar-refractivity contribution < 1.29 is 18.3 Å². The quantitative estimate of drug-likeness (QED) is 0.616. The number of anilines is 1. The minimum atomic E-state index is -0.720. The van der Waals surface area contributed by atoms with Gasteiger partial charge in [-0.05, 0) is 18.2 Å². The number of aromatic nitrogens is 3. The van der Waals surface area contributed by atoms with Crippen molar-refractivity contribution in [2.75, 3.05) is 24.5 Å². The van der Waals surface area contributed by atoms with Gasteiger partial charge in [-0.15, -0.1) is 0 Å². The minimum absolute atomic E-state index is 0.0177. The largest absolute Gasteiger partial charge is 0.487 e. The van der Waals surface area contributed by atoms with Crippen molar-refractivity contribution in [3.63, 3.8) is 0 Å². The van der Waals surface area contributed by atoms with Crippen LogP contribution in [0.15, 0.2) is 41.2 Å². The lowest BCUT2D eigenvalue weighted by molar-refractivity contribution is -0.129. The van der Waals surface area contributed by atoms with Gasteiger partial charge in [0.05, 0.1) is 23.6 Å². The van der Waals surface area contributed by atoms with Gasteiger partial charge in [0.15, 0.2) is 17.4 Å². The Labute approximate surface area is 200 Å². The van der Waals surface area contributed by atoms with Crippen LogP contribution >= 0.6 is 0 Å². The predicted molar refractivity (Wildman–Crippen MR) is 125 cm³/mol. The number of nitrogens with one attached hydrogen (secondary N) is 1. The van der Waals surface area contributed by atoms with Gasteiger partial charge >= 0.3 is 0 Å². The summed E-state index contributed by atoms with van der Waals surface area (Å²) in [5.74, 6) is -0.684. The molecule has 2 aliphatic heterocycles. The van der Waals surface area contributed by atoms with Crippen LogP contribution in [-0.2, 0) is 17.8 Å². The van der Waals surface area contributed by atoms with Gasteiger partial charge in [0.1, 0.15) is 17.6 Å². The van der Waals surface area contributed by atoms with Crippen LogP contribution in [-0.4, -0.2) is 51.5 Å². The fourth-order valence-corrected chi connectivity index (χ4v) is 4.51. The summed E-state index contributed by atoms with van der Waals surface area (Å²) in [6.07, 6.45) is 1.60. The summed E-state index contributed by atoms with van der Waals surface area (Å²) in [6.45, 7) is 3.67. The molecule has 0 saturated carbocycles. The van der Waals surface area contributed by atoms with Crippen molar-refractivity contribution in [2.45, 2.75) is 38.8 Å². The van der Waals surface area contributed by atoms with Gasteiger partial charge in [-0.2, -0.15) is 0 Å². The molecular weight excluding hydrogens is 456 g/mol. The number of carbonyl (C=O) groups is 1. The highest BCUT2D eigenvalue weighted by molar-refractivity contribution is 5.74. The van der Waals surface area contributed by atoms with E-state index in [4.69, 9.17) is 14.7 Å². The number of hydrogen-bond acceptors (Lipinski definition) is 6. The van der Waals surface area contributed by atoms with E-state index in [1.54, 1.807) is 17.0 Å². The summed E-state index contributed by atoms with van der Waals surface area (Å²) in [5, 5.41) is 0. The summed E-state index contributed by atoms with van der Waals surface area (Å²) < 4.78 is 33.0. The van der Waals surface area contributed by atoms with Gasteiger partial charge in [0.25, 0.3) is 0 Å². The van der Waals surface area contributed by atoms with Crippen molar-refractivity contribution in [3.05, 3.63) is 69.8 Å². The normalized spacial score (nSPS) is 16.2. The van der Waals surface area contributed by atoms with Crippen molar-refractivity contribution in [1.82, 2.24) is 19.9 Å². The van der Waals surface area contributed by atoms with E-state index in [-0.39, 0.29) is 23.3 Å². The number of rotatable bonds is 4. The van der Waals surface area contributed by atoms with E-state index in [0.717, 1.165) is 17.5 Å². The van der Waals surface area contributed by atoms with Crippen molar-refractivity contribution in [3.8, 4) is 17.1 Å². The Kier molecular flexibility index (Phi) is 6.19. The molecule has 0 unspecified atom stereocenters. The molecule has 5 rings (SSSR count). The first kappa shape index (κ1) is 22.9.